The van der Waals surface area contributed by atoms with Crippen LogP contribution in [0.5, 0.6) is 5.75 Å². The van der Waals surface area contributed by atoms with Gasteiger partial charge < -0.3 is 19.5 Å². The van der Waals surface area contributed by atoms with Crippen molar-refractivity contribution in [3.63, 3.8) is 0 Å². The number of rotatable bonds is 6. The smallest absolute Gasteiger partial charge is 0.341 e. The number of carboxylic acid groups (broad SMARTS) is 1. The van der Waals surface area contributed by atoms with Gasteiger partial charge in [-0.3, -0.25) is 4.79 Å². The van der Waals surface area contributed by atoms with Crippen LogP contribution in [0, 0.1) is 0 Å². The van der Waals surface area contributed by atoms with E-state index in [9.17, 15) is 9.59 Å². The van der Waals surface area contributed by atoms with Gasteiger partial charge in [-0.2, -0.15) is 0 Å². The van der Waals surface area contributed by atoms with Gasteiger partial charge in [-0.15, -0.1) is 0 Å². The zero-order chi connectivity index (χ0) is 15.9. The average Bonchev–Trinajstić information content (AvgIpc) is 2.53. The van der Waals surface area contributed by atoms with Crippen LogP contribution in [0.25, 0.3) is 0 Å². The van der Waals surface area contributed by atoms with E-state index in [0.717, 1.165) is 31.6 Å². The van der Waals surface area contributed by atoms with Crippen molar-refractivity contribution in [1.82, 2.24) is 0 Å². The summed E-state index contributed by atoms with van der Waals surface area (Å²) in [6, 6.07) is 6.77. The van der Waals surface area contributed by atoms with E-state index in [2.05, 4.69) is 0 Å². The van der Waals surface area contributed by atoms with E-state index in [0.29, 0.717) is 12.2 Å². The molecule has 2 rings (SSSR count). The second kappa shape index (κ2) is 7.79. The van der Waals surface area contributed by atoms with Crippen LogP contribution in [0.1, 0.15) is 25.7 Å². The Morgan fingerprint density at radius 1 is 1.32 bits per heavy atom. The topological polar surface area (TPSA) is 76.1 Å². The molecule has 1 fully saturated rings. The predicted octanol–water partition coefficient (Wildman–Crippen LogP) is 2.07. The van der Waals surface area contributed by atoms with Crippen molar-refractivity contribution in [3.05, 3.63) is 24.3 Å². The number of aliphatic carboxylic acids is 1. The number of amides is 1. The Bertz CT molecular complexity index is 508. The molecule has 1 unspecified atom stereocenters. The van der Waals surface area contributed by atoms with Crippen LogP contribution in [0.15, 0.2) is 24.3 Å². The maximum absolute atomic E-state index is 12.2. The highest BCUT2D eigenvalue weighted by Gasteiger charge is 2.20. The number of hydrogen-bond acceptors (Lipinski definition) is 4. The first-order chi connectivity index (χ1) is 10.6. The van der Waals surface area contributed by atoms with Crippen molar-refractivity contribution in [2.75, 3.05) is 25.2 Å². The average molecular weight is 307 g/mol. The van der Waals surface area contributed by atoms with Crippen molar-refractivity contribution < 1.29 is 24.2 Å². The molecule has 0 aromatic heterocycles. The van der Waals surface area contributed by atoms with E-state index in [1.807, 2.05) is 0 Å². The van der Waals surface area contributed by atoms with Crippen LogP contribution >= 0.6 is 0 Å². The lowest BCUT2D eigenvalue weighted by Gasteiger charge is -2.25. The molecule has 0 aliphatic carbocycles. The normalized spacial score (nSPS) is 17.8. The molecule has 0 radical (unpaired) electrons. The molecule has 120 valence electrons. The van der Waals surface area contributed by atoms with Gasteiger partial charge in [-0.05, 0) is 43.5 Å². The van der Waals surface area contributed by atoms with Crippen molar-refractivity contribution in [1.29, 1.82) is 0 Å². The molecule has 1 N–H and O–H groups in total. The molecular formula is C16H21NO5. The molecule has 1 aliphatic heterocycles. The Balaban J connectivity index is 1.89. The van der Waals surface area contributed by atoms with Crippen molar-refractivity contribution in [2.45, 2.75) is 31.8 Å². The molecule has 1 heterocycles. The predicted molar refractivity (Wildman–Crippen MR) is 81.2 cm³/mol. The summed E-state index contributed by atoms with van der Waals surface area (Å²) >= 11 is 0. The highest BCUT2D eigenvalue weighted by molar-refractivity contribution is 5.93. The quantitative estimate of drug-likeness (QED) is 0.870. The van der Waals surface area contributed by atoms with E-state index >= 15 is 0 Å². The molecule has 1 saturated heterocycles. The number of carbonyl (C=O) groups excluding carboxylic acids is 1. The lowest BCUT2D eigenvalue weighted by atomic mass is 10.1. The molecule has 1 aliphatic rings. The summed E-state index contributed by atoms with van der Waals surface area (Å²) in [6.45, 7) is 0.352. The van der Waals surface area contributed by atoms with Gasteiger partial charge in [0.25, 0.3) is 0 Å². The Hall–Kier alpha value is -2.08. The van der Waals surface area contributed by atoms with Crippen molar-refractivity contribution in [3.8, 4) is 5.75 Å². The molecule has 1 aromatic rings. The van der Waals surface area contributed by atoms with Gasteiger partial charge in [0.2, 0.25) is 5.91 Å². The van der Waals surface area contributed by atoms with E-state index in [4.69, 9.17) is 14.6 Å². The zero-order valence-electron chi connectivity index (χ0n) is 12.7. The maximum Gasteiger partial charge on any atom is 0.341 e. The van der Waals surface area contributed by atoms with E-state index < -0.39 is 5.97 Å². The SMILES string of the molecule is CN(C(=O)CC1CCCCO1)c1ccc(OCC(=O)O)cc1. The second-order valence-corrected chi connectivity index (χ2v) is 5.32. The summed E-state index contributed by atoms with van der Waals surface area (Å²) in [5.41, 5.74) is 0.739. The number of ether oxygens (including phenoxy) is 2. The summed E-state index contributed by atoms with van der Waals surface area (Å²) in [5.74, 6) is -0.558. The second-order valence-electron chi connectivity index (χ2n) is 5.32. The molecule has 0 spiro atoms. The Labute approximate surface area is 129 Å². The lowest BCUT2D eigenvalue weighted by Crippen LogP contribution is -2.32. The van der Waals surface area contributed by atoms with Crippen molar-refractivity contribution >= 4 is 17.6 Å². The summed E-state index contributed by atoms with van der Waals surface area (Å²) < 4.78 is 10.6. The van der Waals surface area contributed by atoms with Gasteiger partial charge in [0.05, 0.1) is 12.5 Å². The van der Waals surface area contributed by atoms with Gasteiger partial charge >= 0.3 is 5.97 Å². The highest BCUT2D eigenvalue weighted by Crippen LogP contribution is 2.21. The molecule has 0 saturated carbocycles. The third-order valence-electron chi connectivity index (χ3n) is 3.64. The molecule has 1 atom stereocenters. The molecule has 1 aromatic carbocycles. The monoisotopic (exact) mass is 307 g/mol. The van der Waals surface area contributed by atoms with Gasteiger partial charge in [-0.1, -0.05) is 0 Å². The van der Waals surface area contributed by atoms with Gasteiger partial charge in [-0.25, -0.2) is 4.79 Å². The van der Waals surface area contributed by atoms with Gasteiger partial charge in [0.15, 0.2) is 6.61 Å². The summed E-state index contributed by atoms with van der Waals surface area (Å²) in [6.07, 6.45) is 3.51. The number of nitrogens with zero attached hydrogens (tertiary/aromatic N) is 1. The molecular weight excluding hydrogens is 286 g/mol. The molecule has 0 bridgehead atoms. The Kier molecular flexibility index (Phi) is 5.77. The minimum absolute atomic E-state index is 0.00565. The first-order valence-electron chi connectivity index (χ1n) is 7.39. The zero-order valence-corrected chi connectivity index (χ0v) is 12.7. The molecule has 1 amide bonds. The van der Waals surface area contributed by atoms with Gasteiger partial charge in [0, 0.05) is 19.3 Å². The number of hydrogen-bond donors (Lipinski definition) is 1. The fourth-order valence-electron chi connectivity index (χ4n) is 2.36. The number of carboxylic acids is 1. The number of carbonyl (C=O) groups is 2. The summed E-state index contributed by atoms with van der Waals surface area (Å²) in [4.78, 5) is 24.3. The van der Waals surface area contributed by atoms with E-state index in [1.54, 1.807) is 36.2 Å². The minimum atomic E-state index is -1.02. The third kappa shape index (κ3) is 4.73. The van der Waals surface area contributed by atoms with Crippen LogP contribution in [-0.4, -0.2) is 43.3 Å². The molecule has 6 nitrogen and oxygen atoms in total. The molecule has 22 heavy (non-hydrogen) atoms. The Morgan fingerprint density at radius 3 is 2.64 bits per heavy atom. The fraction of sp³-hybridized carbons (Fsp3) is 0.500. The first-order valence-corrected chi connectivity index (χ1v) is 7.39. The highest BCUT2D eigenvalue weighted by atomic mass is 16.5. The summed E-state index contributed by atoms with van der Waals surface area (Å²) in [5, 5.41) is 8.56. The number of anilines is 1. The van der Waals surface area contributed by atoms with E-state index in [1.165, 1.54) is 0 Å². The number of benzene rings is 1. The third-order valence-corrected chi connectivity index (χ3v) is 3.64. The van der Waals surface area contributed by atoms with Crippen LogP contribution in [0.4, 0.5) is 5.69 Å². The first kappa shape index (κ1) is 16.3. The largest absolute Gasteiger partial charge is 0.482 e. The fourth-order valence-corrected chi connectivity index (χ4v) is 2.36. The summed E-state index contributed by atoms with van der Waals surface area (Å²) in [7, 11) is 1.72. The standard InChI is InChI=1S/C16H21NO5/c1-17(15(18)10-14-4-2-3-9-21-14)12-5-7-13(8-6-12)22-11-16(19)20/h5-8,14H,2-4,9-11H2,1H3,(H,19,20). The molecule has 6 heteroatoms. The van der Waals surface area contributed by atoms with Crippen LogP contribution in [-0.2, 0) is 14.3 Å². The van der Waals surface area contributed by atoms with Crippen molar-refractivity contribution in [2.24, 2.45) is 0 Å². The van der Waals surface area contributed by atoms with Crippen LogP contribution in [0.2, 0.25) is 0 Å². The minimum Gasteiger partial charge on any atom is -0.482 e. The maximum atomic E-state index is 12.2. The van der Waals surface area contributed by atoms with E-state index in [-0.39, 0.29) is 18.6 Å². The Morgan fingerprint density at radius 2 is 2.05 bits per heavy atom. The van der Waals surface area contributed by atoms with Gasteiger partial charge in [0.1, 0.15) is 5.75 Å². The van der Waals surface area contributed by atoms with Crippen LogP contribution in [0.3, 0.4) is 0 Å². The lowest BCUT2D eigenvalue weighted by molar-refractivity contribution is -0.139. The van der Waals surface area contributed by atoms with Crippen LogP contribution < -0.4 is 9.64 Å².